The van der Waals surface area contributed by atoms with Gasteiger partial charge in [0.15, 0.2) is 0 Å². The third kappa shape index (κ3) is 4.80. The van der Waals surface area contributed by atoms with Gasteiger partial charge in [-0.2, -0.15) is 0 Å². The highest BCUT2D eigenvalue weighted by Gasteiger charge is 2.33. The van der Waals surface area contributed by atoms with E-state index in [0.717, 1.165) is 22.4 Å². The largest absolute Gasteiger partial charge is 0.489 e. The van der Waals surface area contributed by atoms with Crippen LogP contribution in [0.25, 0.3) is 0 Å². The Labute approximate surface area is 163 Å². The third-order valence-corrected chi connectivity index (χ3v) is 5.12. The van der Waals surface area contributed by atoms with Crippen molar-refractivity contribution in [3.05, 3.63) is 64.2 Å². The molecule has 0 spiro atoms. The lowest BCUT2D eigenvalue weighted by atomic mass is 10.1. The van der Waals surface area contributed by atoms with Crippen molar-refractivity contribution >= 4 is 23.5 Å². The molecule has 6 heteroatoms. The predicted octanol–water partition coefficient (Wildman–Crippen LogP) is 3.70. The summed E-state index contributed by atoms with van der Waals surface area (Å²) in [5.41, 5.74) is 3.18. The zero-order chi connectivity index (χ0) is 19.4. The first-order valence-corrected chi connectivity index (χ1v) is 9.28. The van der Waals surface area contributed by atoms with Crippen molar-refractivity contribution < 1.29 is 19.4 Å². The van der Waals surface area contributed by atoms with E-state index in [4.69, 9.17) is 21.4 Å². The summed E-state index contributed by atoms with van der Waals surface area (Å²) < 4.78 is 6.00. The Morgan fingerprint density at radius 2 is 2.04 bits per heavy atom. The molecule has 1 fully saturated rings. The van der Waals surface area contributed by atoms with E-state index in [9.17, 15) is 9.59 Å². The Balaban J connectivity index is 1.66. The molecule has 1 amide bonds. The number of carboxylic acids is 1. The molecule has 5 nitrogen and oxygen atoms in total. The van der Waals surface area contributed by atoms with Gasteiger partial charge in [-0.3, -0.25) is 9.59 Å². The van der Waals surface area contributed by atoms with E-state index in [1.807, 2.05) is 43.3 Å². The van der Waals surface area contributed by atoms with Crippen molar-refractivity contribution in [3.8, 4) is 5.75 Å². The first kappa shape index (κ1) is 19.2. The van der Waals surface area contributed by atoms with Crippen molar-refractivity contribution in [2.24, 2.45) is 5.92 Å². The summed E-state index contributed by atoms with van der Waals surface area (Å²) in [4.78, 5) is 24.7. The number of rotatable bonds is 7. The summed E-state index contributed by atoms with van der Waals surface area (Å²) in [5, 5.41) is 9.70. The molecule has 1 saturated heterocycles. The molecule has 0 bridgehead atoms. The third-order valence-electron chi connectivity index (χ3n) is 4.88. The highest BCUT2D eigenvalue weighted by atomic mass is 35.5. The number of hydrogen-bond acceptors (Lipinski definition) is 3. The summed E-state index contributed by atoms with van der Waals surface area (Å²) in [7, 11) is 0. The van der Waals surface area contributed by atoms with Gasteiger partial charge in [0.05, 0.1) is 5.92 Å². The van der Waals surface area contributed by atoms with Crippen LogP contribution >= 0.6 is 11.6 Å². The molecule has 1 unspecified atom stereocenters. The maximum absolute atomic E-state index is 12.0. The molecule has 1 aliphatic heterocycles. The summed E-state index contributed by atoms with van der Waals surface area (Å²) in [6.07, 6.45) is 0.628. The van der Waals surface area contributed by atoms with Crippen LogP contribution in [0, 0.1) is 12.8 Å². The molecule has 0 aromatic heterocycles. The number of benzene rings is 2. The lowest BCUT2D eigenvalue weighted by Crippen LogP contribution is -2.28. The minimum absolute atomic E-state index is 0.0710. The standard InChI is InChI=1S/C21H22ClNO4/c1-14-4-2-3-5-16(14)13-27-19-7-6-18(22)10-15(19)8-9-23-12-17(21(25)26)11-20(23)24/h2-7,10,17H,8-9,11-13H2,1H3,(H,25,26). The van der Waals surface area contributed by atoms with Crippen LogP contribution in [0.3, 0.4) is 0 Å². The van der Waals surface area contributed by atoms with Gasteiger partial charge in [-0.25, -0.2) is 0 Å². The second-order valence-corrected chi connectivity index (χ2v) is 7.23. The summed E-state index contributed by atoms with van der Waals surface area (Å²) >= 11 is 6.13. The number of halogens is 1. The number of aliphatic carboxylic acids is 1. The second-order valence-electron chi connectivity index (χ2n) is 6.80. The zero-order valence-electron chi connectivity index (χ0n) is 15.2. The molecule has 0 radical (unpaired) electrons. The van der Waals surface area contributed by atoms with E-state index in [-0.39, 0.29) is 18.9 Å². The van der Waals surface area contributed by atoms with E-state index in [0.29, 0.717) is 24.6 Å². The van der Waals surface area contributed by atoms with E-state index >= 15 is 0 Å². The topological polar surface area (TPSA) is 66.8 Å². The van der Waals surface area contributed by atoms with Crippen molar-refractivity contribution in [1.82, 2.24) is 4.90 Å². The van der Waals surface area contributed by atoms with Gasteiger partial charge < -0.3 is 14.7 Å². The lowest BCUT2D eigenvalue weighted by molar-refractivity contribution is -0.141. The van der Waals surface area contributed by atoms with E-state index in [2.05, 4.69) is 0 Å². The van der Waals surface area contributed by atoms with Crippen LogP contribution in [0.1, 0.15) is 23.1 Å². The lowest BCUT2D eigenvalue weighted by Gasteiger charge is -2.18. The fourth-order valence-electron chi connectivity index (χ4n) is 3.22. The molecule has 2 aromatic carbocycles. The van der Waals surface area contributed by atoms with Crippen LogP contribution in [0.15, 0.2) is 42.5 Å². The molecule has 2 aromatic rings. The van der Waals surface area contributed by atoms with Crippen molar-refractivity contribution in [2.45, 2.75) is 26.4 Å². The SMILES string of the molecule is Cc1ccccc1COc1ccc(Cl)cc1CCN1CC(C(=O)O)CC1=O. The number of amides is 1. The van der Waals surface area contributed by atoms with Crippen molar-refractivity contribution in [3.63, 3.8) is 0 Å². The average Bonchev–Trinajstić information content (AvgIpc) is 3.01. The van der Waals surface area contributed by atoms with E-state index in [1.54, 1.807) is 11.0 Å². The Kier molecular flexibility index (Phi) is 6.01. The fraction of sp³-hybridized carbons (Fsp3) is 0.333. The van der Waals surface area contributed by atoms with Crippen LogP contribution < -0.4 is 4.74 Å². The summed E-state index contributed by atoms with van der Waals surface area (Å²) in [6.45, 7) is 3.20. The number of aryl methyl sites for hydroxylation is 1. The maximum atomic E-state index is 12.0. The van der Waals surface area contributed by atoms with Gasteiger partial charge in [-0.1, -0.05) is 35.9 Å². The average molecular weight is 388 g/mol. The molecule has 27 heavy (non-hydrogen) atoms. The van der Waals surface area contributed by atoms with Crippen LogP contribution in [0.4, 0.5) is 0 Å². The Morgan fingerprint density at radius 3 is 2.74 bits per heavy atom. The van der Waals surface area contributed by atoms with Crippen molar-refractivity contribution in [1.29, 1.82) is 0 Å². The summed E-state index contributed by atoms with van der Waals surface area (Å²) in [6, 6.07) is 13.5. The number of hydrogen-bond donors (Lipinski definition) is 1. The molecule has 1 aliphatic rings. The number of ether oxygens (including phenoxy) is 1. The quantitative estimate of drug-likeness (QED) is 0.786. The fourth-order valence-corrected chi connectivity index (χ4v) is 3.42. The molecule has 142 valence electrons. The van der Waals surface area contributed by atoms with Gasteiger partial charge in [0.2, 0.25) is 5.91 Å². The van der Waals surface area contributed by atoms with Crippen LogP contribution in [-0.4, -0.2) is 35.0 Å². The normalized spacial score (nSPS) is 16.6. The van der Waals surface area contributed by atoms with Crippen molar-refractivity contribution in [2.75, 3.05) is 13.1 Å². The Morgan fingerprint density at radius 1 is 1.26 bits per heavy atom. The number of carboxylic acid groups (broad SMARTS) is 1. The number of likely N-dealkylation sites (tertiary alicyclic amines) is 1. The zero-order valence-corrected chi connectivity index (χ0v) is 15.9. The van der Waals surface area contributed by atoms with Gasteiger partial charge in [-0.05, 0) is 48.2 Å². The Bertz CT molecular complexity index is 852. The molecule has 1 atom stereocenters. The summed E-state index contributed by atoms with van der Waals surface area (Å²) in [5.74, 6) is -0.930. The van der Waals surface area contributed by atoms with Gasteiger partial charge in [0.1, 0.15) is 12.4 Å². The first-order valence-electron chi connectivity index (χ1n) is 8.90. The van der Waals surface area contributed by atoms with Crippen LogP contribution in [0.2, 0.25) is 5.02 Å². The highest BCUT2D eigenvalue weighted by Crippen LogP contribution is 2.26. The number of carbonyl (C=O) groups is 2. The highest BCUT2D eigenvalue weighted by molar-refractivity contribution is 6.30. The van der Waals surface area contributed by atoms with Crippen LogP contribution in [0.5, 0.6) is 5.75 Å². The monoisotopic (exact) mass is 387 g/mol. The van der Waals surface area contributed by atoms with E-state index < -0.39 is 11.9 Å². The molecular weight excluding hydrogens is 366 g/mol. The number of nitrogens with zero attached hydrogens (tertiary/aromatic N) is 1. The minimum Gasteiger partial charge on any atom is -0.489 e. The smallest absolute Gasteiger partial charge is 0.308 e. The molecule has 0 saturated carbocycles. The van der Waals surface area contributed by atoms with Gasteiger partial charge >= 0.3 is 5.97 Å². The Hall–Kier alpha value is -2.53. The second kappa shape index (κ2) is 8.44. The van der Waals surface area contributed by atoms with Gasteiger partial charge in [-0.15, -0.1) is 0 Å². The molecule has 0 aliphatic carbocycles. The first-order chi connectivity index (χ1) is 12.9. The molecule has 3 rings (SSSR count). The van der Waals surface area contributed by atoms with E-state index in [1.165, 1.54) is 0 Å². The predicted molar refractivity (Wildman–Crippen MR) is 103 cm³/mol. The molecule has 1 heterocycles. The minimum atomic E-state index is -0.921. The molecule has 1 N–H and O–H groups in total. The maximum Gasteiger partial charge on any atom is 0.308 e. The number of carbonyl (C=O) groups excluding carboxylic acids is 1. The van der Waals surface area contributed by atoms with Gasteiger partial charge in [0.25, 0.3) is 0 Å². The molecular formula is C21H22ClNO4. The van der Waals surface area contributed by atoms with Gasteiger partial charge in [0, 0.05) is 24.5 Å². The van der Waals surface area contributed by atoms with Crippen LogP contribution in [-0.2, 0) is 22.6 Å².